The van der Waals surface area contributed by atoms with Gasteiger partial charge in [0.25, 0.3) is 0 Å². The maximum absolute atomic E-state index is 10.5. The highest BCUT2D eigenvalue weighted by molar-refractivity contribution is 5.70. The number of carboxylic acids is 1. The van der Waals surface area contributed by atoms with Crippen molar-refractivity contribution in [3.8, 4) is 0 Å². The lowest BCUT2D eigenvalue weighted by atomic mass is 10.8. The van der Waals surface area contributed by atoms with Gasteiger partial charge in [0.05, 0.1) is 0 Å². The number of nitrogens with two attached hydrogens (primary N) is 1. The second kappa shape index (κ2) is 6.87. The van der Waals surface area contributed by atoms with Crippen LogP contribution in [-0.4, -0.2) is 23.7 Å². The quantitative estimate of drug-likeness (QED) is 0.512. The van der Waals surface area contributed by atoms with E-state index in [4.69, 9.17) is 9.90 Å². The van der Waals surface area contributed by atoms with E-state index in [1.165, 1.54) is 6.92 Å². The van der Waals surface area contributed by atoms with E-state index in [2.05, 4.69) is 5.73 Å². The fraction of sp³-hybridized carbons (Fsp3) is 0.500. The lowest BCUT2D eigenvalue weighted by molar-refractivity contribution is -0.137. The van der Waals surface area contributed by atoms with E-state index in [0.29, 0.717) is 0 Å². The van der Waals surface area contributed by atoms with Crippen molar-refractivity contribution in [1.82, 2.24) is 0 Å². The minimum atomic E-state index is -1.41. The molecule has 0 aliphatic carbocycles. The van der Waals surface area contributed by atoms with Crippen LogP contribution in [-0.2, 0) is 9.59 Å². The summed E-state index contributed by atoms with van der Waals surface area (Å²) in [6.45, 7) is 0.0278. The number of hydrogen-bond donors (Lipinski definition) is 2. The van der Waals surface area contributed by atoms with Crippen molar-refractivity contribution in [2.45, 2.75) is 6.92 Å². The first kappa shape index (κ1) is 10.8. The van der Waals surface area contributed by atoms with Crippen LogP contribution in [0.25, 0.3) is 0 Å². The van der Waals surface area contributed by atoms with Gasteiger partial charge in [-0.2, -0.15) is 0 Å². The van der Waals surface area contributed by atoms with Gasteiger partial charge in [-0.1, -0.05) is 0 Å². The third-order valence-electron chi connectivity index (χ3n) is 0.114. The number of carbonyl (C=O) groups is 2. The Labute approximate surface area is 51.5 Å². The SMILES string of the molecule is CC(N)=O.O=C(O)CF. The van der Waals surface area contributed by atoms with Crippen molar-refractivity contribution in [2.75, 3.05) is 6.67 Å². The Morgan fingerprint density at radius 3 is 1.78 bits per heavy atom. The van der Waals surface area contributed by atoms with Gasteiger partial charge in [0.2, 0.25) is 5.91 Å². The third kappa shape index (κ3) is 215. The first-order valence-corrected chi connectivity index (χ1v) is 2.04. The topological polar surface area (TPSA) is 80.4 Å². The largest absolute Gasteiger partial charge is 0.479 e. The van der Waals surface area contributed by atoms with Crippen LogP contribution in [0.2, 0.25) is 0 Å². The molecule has 5 heteroatoms. The number of amides is 1. The van der Waals surface area contributed by atoms with Crippen LogP contribution in [0.15, 0.2) is 0 Å². The Kier molecular flexibility index (Phi) is 8.23. The van der Waals surface area contributed by atoms with E-state index in [-0.39, 0.29) is 5.91 Å². The molecule has 0 rings (SSSR count). The second-order valence-corrected chi connectivity index (χ2v) is 1.14. The van der Waals surface area contributed by atoms with E-state index < -0.39 is 12.6 Å². The van der Waals surface area contributed by atoms with Gasteiger partial charge < -0.3 is 10.8 Å². The molecule has 4 nitrogen and oxygen atoms in total. The molecule has 0 aromatic carbocycles. The van der Waals surface area contributed by atoms with Crippen LogP contribution >= 0.6 is 0 Å². The average Bonchev–Trinajstić information content (AvgIpc) is 1.65. The molecule has 0 spiro atoms. The van der Waals surface area contributed by atoms with Gasteiger partial charge in [-0.25, -0.2) is 9.18 Å². The average molecular weight is 137 g/mol. The molecule has 0 unspecified atom stereocenters. The molecule has 0 aliphatic rings. The smallest absolute Gasteiger partial charge is 0.335 e. The molecule has 0 fully saturated rings. The summed E-state index contributed by atoms with van der Waals surface area (Å²) in [6.07, 6.45) is 0. The number of hydrogen-bond acceptors (Lipinski definition) is 2. The van der Waals surface area contributed by atoms with Crippen molar-refractivity contribution in [1.29, 1.82) is 0 Å². The van der Waals surface area contributed by atoms with Crippen molar-refractivity contribution in [3.63, 3.8) is 0 Å². The predicted molar refractivity (Wildman–Crippen MR) is 28.5 cm³/mol. The summed E-state index contributed by atoms with van der Waals surface area (Å²) in [4.78, 5) is 18.2. The van der Waals surface area contributed by atoms with Crippen LogP contribution in [0.5, 0.6) is 0 Å². The van der Waals surface area contributed by atoms with Gasteiger partial charge in [0, 0.05) is 6.92 Å². The molecule has 0 aliphatic heterocycles. The minimum Gasteiger partial charge on any atom is -0.479 e. The Hall–Kier alpha value is -1.13. The highest BCUT2D eigenvalue weighted by Gasteiger charge is 1.85. The molecule has 0 radical (unpaired) electrons. The van der Waals surface area contributed by atoms with Crippen LogP contribution in [0.3, 0.4) is 0 Å². The summed E-state index contributed by atoms with van der Waals surface area (Å²) in [5.41, 5.74) is 4.47. The number of halogens is 1. The molecular weight excluding hydrogens is 129 g/mol. The van der Waals surface area contributed by atoms with E-state index in [9.17, 15) is 9.18 Å². The fourth-order valence-corrected chi connectivity index (χ4v) is 0. The summed E-state index contributed by atoms with van der Waals surface area (Å²) in [5, 5.41) is 7.35. The number of rotatable bonds is 1. The summed E-state index contributed by atoms with van der Waals surface area (Å²) in [6, 6.07) is 0. The molecule has 54 valence electrons. The highest BCUT2D eigenvalue weighted by Crippen LogP contribution is 1.60. The van der Waals surface area contributed by atoms with Crippen molar-refractivity contribution in [2.24, 2.45) is 5.73 Å². The molecule has 0 saturated heterocycles. The zero-order chi connectivity index (χ0) is 7.86. The molecule has 0 aromatic rings. The van der Waals surface area contributed by atoms with Gasteiger partial charge >= 0.3 is 5.97 Å². The van der Waals surface area contributed by atoms with Crippen LogP contribution < -0.4 is 5.73 Å². The molecule has 0 heterocycles. The Morgan fingerprint density at radius 2 is 1.78 bits per heavy atom. The molecular formula is C4H8FNO3. The standard InChI is InChI=1S/C2H3FO2.C2H5NO/c3-1-2(4)5;1-2(3)4/h1H2,(H,4,5);1H3,(H2,3,4). The molecule has 0 saturated carbocycles. The highest BCUT2D eigenvalue weighted by atomic mass is 19.1. The Bertz CT molecular complexity index is 100.0. The molecule has 0 atom stereocenters. The van der Waals surface area contributed by atoms with Gasteiger partial charge in [-0.15, -0.1) is 0 Å². The lowest BCUT2D eigenvalue weighted by Crippen LogP contribution is -2.01. The molecule has 3 N–H and O–H groups in total. The maximum Gasteiger partial charge on any atom is 0.335 e. The number of carbonyl (C=O) groups excluding carboxylic acids is 1. The Morgan fingerprint density at radius 1 is 1.67 bits per heavy atom. The second-order valence-electron chi connectivity index (χ2n) is 1.14. The minimum absolute atomic E-state index is 0.333. The van der Waals surface area contributed by atoms with Crippen LogP contribution in [0, 0.1) is 0 Å². The summed E-state index contributed by atoms with van der Waals surface area (Å²) in [5.74, 6) is -1.75. The number of primary amides is 1. The van der Waals surface area contributed by atoms with E-state index in [1.54, 1.807) is 0 Å². The van der Waals surface area contributed by atoms with E-state index in [1.807, 2.05) is 0 Å². The number of carboxylic acid groups (broad SMARTS) is 1. The zero-order valence-electron chi connectivity index (χ0n) is 4.93. The Balaban J connectivity index is 0. The van der Waals surface area contributed by atoms with Crippen LogP contribution in [0.1, 0.15) is 6.92 Å². The van der Waals surface area contributed by atoms with Crippen molar-refractivity contribution in [3.05, 3.63) is 0 Å². The number of aliphatic carboxylic acids is 1. The van der Waals surface area contributed by atoms with Crippen LogP contribution in [0.4, 0.5) is 4.39 Å². The summed E-state index contributed by atoms with van der Waals surface area (Å²) >= 11 is 0. The van der Waals surface area contributed by atoms with Gasteiger partial charge in [-0.3, -0.25) is 4.79 Å². The predicted octanol–water partition coefficient (Wildman–Crippen LogP) is -0.468. The van der Waals surface area contributed by atoms with Crippen molar-refractivity contribution < 1.29 is 19.1 Å². The third-order valence-corrected chi connectivity index (χ3v) is 0.114. The van der Waals surface area contributed by atoms with Gasteiger partial charge in [0.1, 0.15) is 0 Å². The van der Waals surface area contributed by atoms with E-state index in [0.717, 1.165) is 0 Å². The normalized spacial score (nSPS) is 6.89. The number of alkyl halides is 1. The summed E-state index contributed by atoms with van der Waals surface area (Å²) in [7, 11) is 0. The molecule has 9 heavy (non-hydrogen) atoms. The first-order chi connectivity index (χ1) is 4.00. The van der Waals surface area contributed by atoms with E-state index >= 15 is 0 Å². The fourth-order valence-electron chi connectivity index (χ4n) is 0. The maximum atomic E-state index is 10.5. The lowest BCUT2D eigenvalue weighted by Gasteiger charge is -1.69. The first-order valence-electron chi connectivity index (χ1n) is 2.04. The molecule has 0 aromatic heterocycles. The molecule has 0 bridgehead atoms. The summed E-state index contributed by atoms with van der Waals surface area (Å²) < 4.78 is 10.5. The van der Waals surface area contributed by atoms with Gasteiger partial charge in [-0.05, 0) is 0 Å². The molecule has 1 amide bonds. The zero-order valence-corrected chi connectivity index (χ0v) is 4.93. The van der Waals surface area contributed by atoms with Crippen molar-refractivity contribution >= 4 is 11.9 Å². The monoisotopic (exact) mass is 137 g/mol. The van der Waals surface area contributed by atoms with Gasteiger partial charge in [0.15, 0.2) is 6.67 Å².